The molecule has 2 aliphatic heterocycles. The maximum Gasteiger partial charge on any atom is 0.326 e. The lowest BCUT2D eigenvalue weighted by molar-refractivity contribution is -0.152. The number of hydrogen-bond donors (Lipinski definition) is 2. The molecule has 3 N–H and O–H groups in total. The van der Waals surface area contributed by atoms with Crippen LogP contribution in [0.1, 0.15) is 44.9 Å². The van der Waals surface area contributed by atoms with Crippen LogP contribution in [0.25, 0.3) is 0 Å². The second kappa shape index (κ2) is 6.37. The molecular formula is C16H25N3O4. The van der Waals surface area contributed by atoms with Gasteiger partial charge in [-0.3, -0.25) is 4.79 Å². The molecule has 4 atom stereocenters. The molecule has 2 heterocycles. The maximum absolute atomic E-state index is 13.0. The second-order valence-corrected chi connectivity index (χ2v) is 7.07. The number of carboxylic acid groups (broad SMARTS) is 1. The van der Waals surface area contributed by atoms with Crippen molar-refractivity contribution in [3.63, 3.8) is 0 Å². The summed E-state index contributed by atoms with van der Waals surface area (Å²) in [6.45, 7) is 0.891. The smallest absolute Gasteiger partial charge is 0.326 e. The van der Waals surface area contributed by atoms with Crippen LogP contribution in [0, 0.1) is 11.8 Å². The van der Waals surface area contributed by atoms with E-state index in [2.05, 4.69) is 0 Å². The van der Waals surface area contributed by atoms with E-state index in [1.54, 1.807) is 4.90 Å². The topological polar surface area (TPSA) is 104 Å². The number of amides is 3. The number of rotatable bonds is 2. The van der Waals surface area contributed by atoms with Gasteiger partial charge in [-0.25, -0.2) is 9.59 Å². The fourth-order valence-corrected chi connectivity index (χ4v) is 4.59. The zero-order chi connectivity index (χ0) is 16.6. The van der Waals surface area contributed by atoms with E-state index in [9.17, 15) is 19.5 Å². The number of primary amides is 1. The van der Waals surface area contributed by atoms with Crippen molar-refractivity contribution >= 4 is 17.9 Å². The van der Waals surface area contributed by atoms with Gasteiger partial charge in [0.2, 0.25) is 5.91 Å². The lowest BCUT2D eigenvalue weighted by atomic mass is 9.84. The summed E-state index contributed by atoms with van der Waals surface area (Å²) >= 11 is 0. The van der Waals surface area contributed by atoms with Gasteiger partial charge >= 0.3 is 12.0 Å². The van der Waals surface area contributed by atoms with Crippen molar-refractivity contribution in [3.05, 3.63) is 0 Å². The number of carbonyl (C=O) groups is 3. The number of urea groups is 1. The minimum Gasteiger partial charge on any atom is -0.480 e. The molecule has 3 amide bonds. The summed E-state index contributed by atoms with van der Waals surface area (Å²) in [6, 6.07) is -1.16. The molecule has 0 bridgehead atoms. The van der Waals surface area contributed by atoms with Gasteiger partial charge in [-0.1, -0.05) is 12.8 Å². The first-order valence-corrected chi connectivity index (χ1v) is 8.58. The largest absolute Gasteiger partial charge is 0.480 e. The molecule has 0 spiro atoms. The van der Waals surface area contributed by atoms with Gasteiger partial charge in [0.25, 0.3) is 0 Å². The number of aliphatic carboxylic acids is 1. The van der Waals surface area contributed by atoms with Crippen molar-refractivity contribution in [2.24, 2.45) is 17.6 Å². The highest BCUT2D eigenvalue weighted by molar-refractivity contribution is 5.87. The van der Waals surface area contributed by atoms with E-state index in [1.165, 1.54) is 4.90 Å². The van der Waals surface area contributed by atoms with Crippen LogP contribution in [0.5, 0.6) is 0 Å². The van der Waals surface area contributed by atoms with Crippen LogP contribution in [0.4, 0.5) is 4.79 Å². The third kappa shape index (κ3) is 3.01. The summed E-state index contributed by atoms with van der Waals surface area (Å²) < 4.78 is 0. The number of piperidine rings is 1. The first-order chi connectivity index (χ1) is 11.0. The summed E-state index contributed by atoms with van der Waals surface area (Å²) in [5.41, 5.74) is 5.33. The number of carbonyl (C=O) groups excluding carboxylic acids is 2. The molecule has 3 rings (SSSR count). The first-order valence-electron chi connectivity index (χ1n) is 8.58. The zero-order valence-electron chi connectivity index (χ0n) is 13.3. The van der Waals surface area contributed by atoms with E-state index in [-0.39, 0.29) is 17.9 Å². The molecule has 7 heteroatoms. The Balaban J connectivity index is 1.78. The average molecular weight is 323 g/mol. The van der Waals surface area contributed by atoms with Crippen molar-refractivity contribution in [2.75, 3.05) is 13.1 Å². The fraction of sp³-hybridized carbons (Fsp3) is 0.812. The molecule has 2 saturated heterocycles. The van der Waals surface area contributed by atoms with Gasteiger partial charge in [-0.05, 0) is 38.0 Å². The van der Waals surface area contributed by atoms with Gasteiger partial charge in [-0.15, -0.1) is 0 Å². The number of nitrogens with zero attached hydrogens (tertiary/aromatic N) is 2. The molecule has 0 radical (unpaired) electrons. The lowest BCUT2D eigenvalue weighted by Crippen LogP contribution is -2.53. The van der Waals surface area contributed by atoms with E-state index in [0.29, 0.717) is 31.8 Å². The van der Waals surface area contributed by atoms with Crippen molar-refractivity contribution < 1.29 is 19.5 Å². The summed E-state index contributed by atoms with van der Waals surface area (Å²) in [4.78, 5) is 39.2. The SMILES string of the molecule is NC(=O)N1CCCC(C(=O)N2C(C(=O)O)CC3CCCCC32)C1. The Hall–Kier alpha value is -1.79. The van der Waals surface area contributed by atoms with E-state index in [0.717, 1.165) is 32.1 Å². The van der Waals surface area contributed by atoms with Crippen LogP contribution < -0.4 is 5.73 Å². The summed E-state index contributed by atoms with van der Waals surface area (Å²) in [5, 5.41) is 9.54. The van der Waals surface area contributed by atoms with Crippen LogP contribution in [0.15, 0.2) is 0 Å². The molecule has 4 unspecified atom stereocenters. The lowest BCUT2D eigenvalue weighted by Gasteiger charge is -2.38. The summed E-state index contributed by atoms with van der Waals surface area (Å²) in [5.74, 6) is -1.02. The molecular weight excluding hydrogens is 298 g/mol. The van der Waals surface area contributed by atoms with Crippen LogP contribution in [0.2, 0.25) is 0 Å². The van der Waals surface area contributed by atoms with E-state index >= 15 is 0 Å². The summed E-state index contributed by atoms with van der Waals surface area (Å²) in [6.07, 6.45) is 6.08. The molecule has 1 saturated carbocycles. The summed E-state index contributed by atoms with van der Waals surface area (Å²) in [7, 11) is 0. The van der Waals surface area contributed by atoms with E-state index < -0.39 is 18.0 Å². The Morgan fingerprint density at radius 3 is 2.48 bits per heavy atom. The molecule has 3 fully saturated rings. The number of hydrogen-bond acceptors (Lipinski definition) is 3. The minimum absolute atomic E-state index is 0.0568. The van der Waals surface area contributed by atoms with Crippen molar-refractivity contribution in [1.82, 2.24) is 9.80 Å². The van der Waals surface area contributed by atoms with Crippen molar-refractivity contribution in [3.8, 4) is 0 Å². The molecule has 0 aromatic rings. The van der Waals surface area contributed by atoms with Crippen LogP contribution >= 0.6 is 0 Å². The van der Waals surface area contributed by atoms with Gasteiger partial charge in [0.05, 0.1) is 5.92 Å². The van der Waals surface area contributed by atoms with Gasteiger partial charge in [-0.2, -0.15) is 0 Å². The van der Waals surface area contributed by atoms with Crippen LogP contribution in [0.3, 0.4) is 0 Å². The monoisotopic (exact) mass is 323 g/mol. The van der Waals surface area contributed by atoms with Crippen molar-refractivity contribution in [2.45, 2.75) is 57.0 Å². The Morgan fingerprint density at radius 2 is 1.78 bits per heavy atom. The minimum atomic E-state index is -0.907. The fourth-order valence-electron chi connectivity index (χ4n) is 4.59. The average Bonchev–Trinajstić information content (AvgIpc) is 2.94. The maximum atomic E-state index is 13.0. The predicted octanol–water partition coefficient (Wildman–Crippen LogP) is 1.02. The van der Waals surface area contributed by atoms with Gasteiger partial charge < -0.3 is 20.6 Å². The Labute approximate surface area is 135 Å². The highest BCUT2D eigenvalue weighted by atomic mass is 16.4. The molecule has 23 heavy (non-hydrogen) atoms. The zero-order valence-corrected chi connectivity index (χ0v) is 13.3. The molecule has 3 aliphatic rings. The van der Waals surface area contributed by atoms with Gasteiger partial charge in [0.1, 0.15) is 6.04 Å². The van der Waals surface area contributed by atoms with Crippen LogP contribution in [-0.4, -0.2) is 58.0 Å². The Morgan fingerprint density at radius 1 is 1.04 bits per heavy atom. The van der Waals surface area contributed by atoms with Crippen LogP contribution in [-0.2, 0) is 9.59 Å². The normalized spacial score (nSPS) is 34.1. The highest BCUT2D eigenvalue weighted by Crippen LogP contribution is 2.41. The highest BCUT2D eigenvalue weighted by Gasteiger charge is 2.49. The third-order valence-corrected chi connectivity index (χ3v) is 5.71. The number of nitrogens with two attached hydrogens (primary N) is 1. The number of likely N-dealkylation sites (tertiary alicyclic amines) is 2. The van der Waals surface area contributed by atoms with Crippen molar-refractivity contribution in [1.29, 1.82) is 0 Å². The van der Waals surface area contributed by atoms with Gasteiger partial charge in [0.15, 0.2) is 0 Å². The Kier molecular flexibility index (Phi) is 4.46. The molecule has 0 aromatic heterocycles. The molecule has 128 valence electrons. The number of carboxylic acids is 1. The molecule has 1 aliphatic carbocycles. The standard InChI is InChI=1S/C16H25N3O4/c17-16(23)18-7-3-5-11(9-18)14(20)19-12-6-2-1-4-10(12)8-13(19)15(21)22/h10-13H,1-9H2,(H2,17,23)(H,21,22). The third-order valence-electron chi connectivity index (χ3n) is 5.71. The first kappa shape index (κ1) is 16.1. The predicted molar refractivity (Wildman–Crippen MR) is 82.5 cm³/mol. The van der Waals surface area contributed by atoms with Gasteiger partial charge in [0, 0.05) is 19.1 Å². The van der Waals surface area contributed by atoms with E-state index in [4.69, 9.17) is 5.73 Å². The number of fused-ring (bicyclic) bond motifs is 1. The van der Waals surface area contributed by atoms with E-state index in [1.807, 2.05) is 0 Å². The quantitative estimate of drug-likeness (QED) is 0.791. The molecule has 7 nitrogen and oxygen atoms in total. The Bertz CT molecular complexity index is 510. The second-order valence-electron chi connectivity index (χ2n) is 7.07. The molecule has 0 aromatic carbocycles.